The number of hydrogen-bond acceptors (Lipinski definition) is 4. The Labute approximate surface area is 143 Å². The van der Waals surface area contributed by atoms with Gasteiger partial charge in [-0.1, -0.05) is 60.7 Å². The van der Waals surface area contributed by atoms with Crippen LogP contribution in [0, 0.1) is 0 Å². The Bertz CT molecular complexity index is 1160. The monoisotopic (exact) mass is 326 g/mol. The van der Waals surface area contributed by atoms with Crippen molar-refractivity contribution < 1.29 is 0 Å². The van der Waals surface area contributed by atoms with E-state index in [1.807, 2.05) is 66.7 Å². The summed E-state index contributed by atoms with van der Waals surface area (Å²) >= 11 is 0. The molecule has 0 saturated carbocycles. The van der Waals surface area contributed by atoms with Crippen LogP contribution in [0.25, 0.3) is 28.7 Å². The topological polar surface area (TPSA) is 60.2 Å². The van der Waals surface area contributed by atoms with Gasteiger partial charge in [-0.15, -0.1) is 0 Å². The normalized spacial score (nSPS) is 11.8. The number of hydrogen-bond donors (Lipinski definition) is 0. The summed E-state index contributed by atoms with van der Waals surface area (Å²) in [7, 11) is 0. The number of rotatable bonds is 3. The van der Waals surface area contributed by atoms with Crippen LogP contribution in [0.15, 0.2) is 77.9 Å². The minimum absolute atomic E-state index is 0.271. The Morgan fingerprint density at radius 1 is 0.880 bits per heavy atom. The number of benzene rings is 2. The lowest BCUT2D eigenvalue weighted by molar-refractivity contribution is 0.855. The van der Waals surface area contributed by atoms with E-state index in [2.05, 4.69) is 15.1 Å². The van der Waals surface area contributed by atoms with Gasteiger partial charge in [0.05, 0.1) is 5.52 Å². The predicted molar refractivity (Wildman–Crippen MR) is 99.1 cm³/mol. The molecule has 0 amide bonds. The molecule has 2 aromatic heterocycles. The third-order valence-corrected chi connectivity index (χ3v) is 3.76. The summed E-state index contributed by atoms with van der Waals surface area (Å²) in [4.78, 5) is 20.8. The van der Waals surface area contributed by atoms with Crippen LogP contribution in [0.1, 0.15) is 11.3 Å². The molecular formula is C20H14N4O. The zero-order valence-corrected chi connectivity index (χ0v) is 13.3. The van der Waals surface area contributed by atoms with E-state index in [1.165, 1.54) is 4.52 Å². The van der Waals surface area contributed by atoms with Gasteiger partial charge in [0, 0.05) is 5.39 Å². The predicted octanol–water partition coefficient (Wildman–Crippen LogP) is 3.36. The molecule has 0 spiro atoms. The van der Waals surface area contributed by atoms with Crippen LogP contribution in [0.2, 0.25) is 0 Å². The Kier molecular flexibility index (Phi) is 3.88. The van der Waals surface area contributed by atoms with E-state index in [0.29, 0.717) is 5.65 Å². The minimum atomic E-state index is -0.360. The molecule has 25 heavy (non-hydrogen) atoms. The molecule has 0 bridgehead atoms. The highest BCUT2D eigenvalue weighted by Gasteiger charge is 2.06. The maximum absolute atomic E-state index is 12.3. The molecule has 0 aliphatic rings. The smallest absolute Gasteiger partial charge is 0.265 e. The van der Waals surface area contributed by atoms with Crippen LogP contribution in [0.4, 0.5) is 0 Å². The fourth-order valence-corrected chi connectivity index (χ4v) is 2.55. The van der Waals surface area contributed by atoms with Gasteiger partial charge < -0.3 is 0 Å². The van der Waals surface area contributed by atoms with Gasteiger partial charge in [-0.25, -0.2) is 9.50 Å². The molecule has 0 saturated heterocycles. The zero-order chi connectivity index (χ0) is 17.1. The van der Waals surface area contributed by atoms with Crippen LogP contribution in [0.3, 0.4) is 0 Å². The van der Waals surface area contributed by atoms with Crippen molar-refractivity contribution >= 4 is 28.7 Å². The summed E-state index contributed by atoms with van der Waals surface area (Å²) in [5.74, 6) is 0. The van der Waals surface area contributed by atoms with E-state index in [1.54, 1.807) is 18.5 Å². The van der Waals surface area contributed by atoms with Gasteiger partial charge in [0.15, 0.2) is 11.3 Å². The Morgan fingerprint density at radius 2 is 1.64 bits per heavy atom. The maximum Gasteiger partial charge on any atom is 0.299 e. The van der Waals surface area contributed by atoms with E-state index in [9.17, 15) is 4.79 Å². The Hall–Kier alpha value is -3.60. The van der Waals surface area contributed by atoms with Crippen molar-refractivity contribution in [3.8, 4) is 0 Å². The second-order valence-electron chi connectivity index (χ2n) is 5.46. The van der Waals surface area contributed by atoms with Gasteiger partial charge in [-0.3, -0.25) is 4.79 Å². The average Bonchev–Trinajstić information content (AvgIpc) is 2.66. The van der Waals surface area contributed by atoms with Crippen LogP contribution >= 0.6 is 0 Å². The third-order valence-electron chi connectivity index (χ3n) is 3.76. The Morgan fingerprint density at radius 3 is 2.52 bits per heavy atom. The van der Waals surface area contributed by atoms with Crippen molar-refractivity contribution in [3.63, 3.8) is 0 Å². The molecule has 5 heteroatoms. The van der Waals surface area contributed by atoms with Crippen LogP contribution in [-0.2, 0) is 0 Å². The molecule has 0 aliphatic carbocycles. The molecule has 4 rings (SSSR count). The molecule has 0 fully saturated rings. The first-order chi connectivity index (χ1) is 12.3. The minimum Gasteiger partial charge on any atom is -0.265 e. The number of nitrogens with zero attached hydrogens (tertiary/aromatic N) is 4. The molecule has 4 aromatic rings. The number of allylic oxidation sites excluding steroid dienone is 2. The lowest BCUT2D eigenvalue weighted by atomic mass is 10.2. The fourth-order valence-electron chi connectivity index (χ4n) is 2.55. The summed E-state index contributed by atoms with van der Waals surface area (Å²) in [5, 5.41) is 5.13. The fraction of sp³-hybridized carbons (Fsp3) is 0. The molecule has 2 aromatic carbocycles. The van der Waals surface area contributed by atoms with Gasteiger partial charge in [0.2, 0.25) is 0 Å². The largest absolute Gasteiger partial charge is 0.299 e. The first-order valence-electron chi connectivity index (χ1n) is 7.85. The van der Waals surface area contributed by atoms with Crippen molar-refractivity contribution in [2.45, 2.75) is 0 Å². The SMILES string of the molecule is O=c1nc2c3ccccc3ncn2nc1C=CC=Cc1ccccc1. The highest BCUT2D eigenvalue weighted by Crippen LogP contribution is 2.14. The summed E-state index contributed by atoms with van der Waals surface area (Å²) in [5.41, 5.74) is 2.29. The van der Waals surface area contributed by atoms with Crippen LogP contribution in [-0.4, -0.2) is 19.6 Å². The molecular weight excluding hydrogens is 312 g/mol. The van der Waals surface area contributed by atoms with Crippen molar-refractivity contribution in [3.05, 3.63) is 94.7 Å². The van der Waals surface area contributed by atoms with Crippen molar-refractivity contribution in [2.75, 3.05) is 0 Å². The lowest BCUT2D eigenvalue weighted by Gasteiger charge is -2.03. The van der Waals surface area contributed by atoms with Crippen molar-refractivity contribution in [1.82, 2.24) is 19.6 Å². The van der Waals surface area contributed by atoms with Gasteiger partial charge in [0.1, 0.15) is 6.33 Å². The van der Waals surface area contributed by atoms with E-state index in [0.717, 1.165) is 16.5 Å². The summed E-state index contributed by atoms with van der Waals surface area (Å²) in [6.45, 7) is 0. The van der Waals surface area contributed by atoms with Gasteiger partial charge in [-0.05, 0) is 23.8 Å². The van der Waals surface area contributed by atoms with Crippen LogP contribution < -0.4 is 5.56 Å². The standard InChI is InChI=1S/C20H14N4O/c25-20-18(13-6-4-10-15-8-2-1-3-9-15)23-24-14-21-17-12-7-5-11-16(17)19(24)22-20/h1-14H. The number of aromatic nitrogens is 4. The Balaban J connectivity index is 1.70. The van der Waals surface area contributed by atoms with Crippen molar-refractivity contribution in [1.29, 1.82) is 0 Å². The molecule has 0 N–H and O–H groups in total. The first-order valence-corrected chi connectivity index (χ1v) is 7.85. The zero-order valence-electron chi connectivity index (χ0n) is 13.3. The lowest BCUT2D eigenvalue weighted by Crippen LogP contribution is -2.16. The van der Waals surface area contributed by atoms with Gasteiger partial charge >= 0.3 is 0 Å². The van der Waals surface area contributed by atoms with Crippen LogP contribution in [0.5, 0.6) is 0 Å². The quantitative estimate of drug-likeness (QED) is 0.428. The summed E-state index contributed by atoms with van der Waals surface area (Å²) in [6, 6.07) is 17.5. The van der Waals surface area contributed by atoms with Gasteiger partial charge in [-0.2, -0.15) is 10.1 Å². The summed E-state index contributed by atoms with van der Waals surface area (Å²) < 4.78 is 1.53. The second kappa shape index (κ2) is 6.49. The molecule has 0 atom stereocenters. The number of para-hydroxylation sites is 1. The van der Waals surface area contributed by atoms with Crippen molar-refractivity contribution in [2.24, 2.45) is 0 Å². The van der Waals surface area contributed by atoms with E-state index < -0.39 is 0 Å². The molecule has 0 radical (unpaired) electrons. The van der Waals surface area contributed by atoms with E-state index in [-0.39, 0.29) is 11.3 Å². The second-order valence-corrected chi connectivity index (χ2v) is 5.46. The molecule has 0 unspecified atom stereocenters. The van der Waals surface area contributed by atoms with Gasteiger partial charge in [0.25, 0.3) is 5.56 Å². The average molecular weight is 326 g/mol. The summed E-state index contributed by atoms with van der Waals surface area (Å²) in [6.07, 6.45) is 8.82. The molecule has 5 nitrogen and oxygen atoms in total. The molecule has 0 aliphatic heterocycles. The van der Waals surface area contributed by atoms with E-state index >= 15 is 0 Å². The highest BCUT2D eigenvalue weighted by atomic mass is 16.1. The first kappa shape index (κ1) is 15.0. The van der Waals surface area contributed by atoms with E-state index in [4.69, 9.17) is 0 Å². The maximum atomic E-state index is 12.3. The third kappa shape index (κ3) is 3.07. The molecule has 2 heterocycles. The number of fused-ring (bicyclic) bond motifs is 3. The molecule has 120 valence electrons. The highest BCUT2D eigenvalue weighted by molar-refractivity contribution is 5.90.